The number of rotatable bonds is 2. The van der Waals surface area contributed by atoms with Crippen LogP contribution in [0.15, 0.2) is 24.3 Å². The molecular weight excluding hydrogens is 300 g/mol. The van der Waals surface area contributed by atoms with Gasteiger partial charge in [0.05, 0.1) is 10.6 Å². The summed E-state index contributed by atoms with van der Waals surface area (Å²) >= 11 is 7.27. The Morgan fingerprint density at radius 2 is 2.20 bits per heavy atom. The predicted molar refractivity (Wildman–Crippen MR) is 75.6 cm³/mol. The van der Waals surface area contributed by atoms with Crippen molar-refractivity contribution in [1.82, 2.24) is 4.37 Å². The monoisotopic (exact) mass is 308 g/mol. The molecular formula is C13H9ClN2O3S. The zero-order valence-electron chi connectivity index (χ0n) is 10.1. The van der Waals surface area contributed by atoms with Crippen LogP contribution in [0.25, 0.3) is 0 Å². The molecule has 1 atom stereocenters. The molecule has 1 aliphatic rings. The number of nitrogens with zero attached hydrogens (tertiary/aromatic N) is 1. The highest BCUT2D eigenvalue weighted by Crippen LogP contribution is 2.43. The van der Waals surface area contributed by atoms with E-state index in [1.54, 1.807) is 6.07 Å². The molecule has 0 aliphatic carbocycles. The molecule has 1 unspecified atom stereocenters. The number of hydrogen-bond donors (Lipinski definition) is 2. The predicted octanol–water partition coefficient (Wildman–Crippen LogP) is 2.97. The molecule has 1 aromatic carbocycles. The molecule has 0 radical (unpaired) electrons. The van der Waals surface area contributed by atoms with Gasteiger partial charge >= 0.3 is 5.97 Å². The number of carbonyl (C=O) groups excluding carboxylic acids is 1. The fraction of sp³-hybridized carbons (Fsp3) is 0.154. The lowest BCUT2D eigenvalue weighted by atomic mass is 9.90. The fourth-order valence-corrected chi connectivity index (χ4v) is 3.49. The van der Waals surface area contributed by atoms with Gasteiger partial charge in [-0.15, -0.1) is 0 Å². The van der Waals surface area contributed by atoms with Gasteiger partial charge in [0, 0.05) is 17.4 Å². The summed E-state index contributed by atoms with van der Waals surface area (Å²) in [4.78, 5) is 23.7. The number of fused-ring (bicyclic) bond motifs is 1. The zero-order chi connectivity index (χ0) is 14.3. The lowest BCUT2D eigenvalue weighted by molar-refractivity contribution is -0.116. The van der Waals surface area contributed by atoms with E-state index in [2.05, 4.69) is 9.69 Å². The number of carbonyl (C=O) groups is 2. The first-order valence-electron chi connectivity index (χ1n) is 5.85. The topological polar surface area (TPSA) is 79.3 Å². The molecule has 1 aromatic heterocycles. The molecule has 0 saturated carbocycles. The third kappa shape index (κ3) is 2.07. The van der Waals surface area contributed by atoms with Crippen LogP contribution in [0.3, 0.4) is 0 Å². The summed E-state index contributed by atoms with van der Waals surface area (Å²) in [6.45, 7) is 0. The molecule has 1 aliphatic heterocycles. The Bertz CT molecular complexity index is 713. The van der Waals surface area contributed by atoms with Gasteiger partial charge in [-0.2, -0.15) is 4.37 Å². The minimum atomic E-state index is -1.15. The Morgan fingerprint density at radius 1 is 1.45 bits per heavy atom. The van der Waals surface area contributed by atoms with E-state index < -0.39 is 5.97 Å². The van der Waals surface area contributed by atoms with E-state index in [0.717, 1.165) is 22.0 Å². The number of halogens is 1. The standard InChI is InChI=1S/C13H9ClN2O3S/c14-8-4-2-1-3-6(8)7-5-9(17)15-10-11(13(18)19)16-20-12(7)10/h1-4,7H,5H2,(H,15,17)(H,18,19). The maximum Gasteiger partial charge on any atom is 0.357 e. The maximum absolute atomic E-state index is 11.8. The lowest BCUT2D eigenvalue weighted by Crippen LogP contribution is -2.23. The Morgan fingerprint density at radius 3 is 2.90 bits per heavy atom. The summed E-state index contributed by atoms with van der Waals surface area (Å²) in [6, 6.07) is 7.25. The van der Waals surface area contributed by atoms with E-state index in [9.17, 15) is 9.59 Å². The summed E-state index contributed by atoms with van der Waals surface area (Å²) in [5.74, 6) is -1.63. The first-order valence-corrected chi connectivity index (χ1v) is 7.00. The van der Waals surface area contributed by atoms with E-state index in [1.165, 1.54) is 0 Å². The normalized spacial score (nSPS) is 17.4. The summed E-state index contributed by atoms with van der Waals surface area (Å²) in [5, 5.41) is 12.2. The van der Waals surface area contributed by atoms with Crippen molar-refractivity contribution < 1.29 is 14.7 Å². The average molecular weight is 309 g/mol. The quantitative estimate of drug-likeness (QED) is 0.894. The highest BCUT2D eigenvalue weighted by atomic mass is 35.5. The summed E-state index contributed by atoms with van der Waals surface area (Å²) in [7, 11) is 0. The molecule has 0 spiro atoms. The summed E-state index contributed by atoms with van der Waals surface area (Å²) in [5.41, 5.74) is 0.990. The second-order valence-corrected chi connectivity index (χ2v) is 5.61. The third-order valence-electron chi connectivity index (χ3n) is 3.17. The van der Waals surface area contributed by atoms with Crippen LogP contribution in [0.1, 0.15) is 33.3 Å². The van der Waals surface area contributed by atoms with Crippen molar-refractivity contribution in [3.63, 3.8) is 0 Å². The van der Waals surface area contributed by atoms with Crippen LogP contribution in [0.2, 0.25) is 5.02 Å². The minimum Gasteiger partial charge on any atom is -0.476 e. The fourth-order valence-electron chi connectivity index (χ4n) is 2.28. The van der Waals surface area contributed by atoms with E-state index in [-0.39, 0.29) is 23.9 Å². The summed E-state index contributed by atoms with van der Waals surface area (Å²) in [6.07, 6.45) is 0.234. The third-order valence-corrected chi connectivity index (χ3v) is 4.48. The molecule has 5 nitrogen and oxygen atoms in total. The van der Waals surface area contributed by atoms with Crippen LogP contribution in [-0.2, 0) is 4.79 Å². The van der Waals surface area contributed by atoms with Gasteiger partial charge in [0.1, 0.15) is 0 Å². The minimum absolute atomic E-state index is 0.116. The highest BCUT2D eigenvalue weighted by molar-refractivity contribution is 7.06. The number of carboxylic acids is 1. The molecule has 20 heavy (non-hydrogen) atoms. The first-order chi connectivity index (χ1) is 9.58. The van der Waals surface area contributed by atoms with Crippen LogP contribution in [-0.4, -0.2) is 21.4 Å². The first kappa shape index (κ1) is 13.1. The molecule has 102 valence electrons. The van der Waals surface area contributed by atoms with Crippen molar-refractivity contribution in [2.45, 2.75) is 12.3 Å². The summed E-state index contributed by atoms with van der Waals surface area (Å²) < 4.78 is 3.92. The largest absolute Gasteiger partial charge is 0.476 e. The second-order valence-electron chi connectivity index (χ2n) is 4.40. The molecule has 3 rings (SSSR count). The highest BCUT2D eigenvalue weighted by Gasteiger charge is 2.33. The van der Waals surface area contributed by atoms with E-state index in [1.807, 2.05) is 18.2 Å². The van der Waals surface area contributed by atoms with Crippen LogP contribution in [0, 0.1) is 0 Å². The van der Waals surface area contributed by atoms with Crippen LogP contribution in [0.5, 0.6) is 0 Å². The smallest absolute Gasteiger partial charge is 0.357 e. The molecule has 2 N–H and O–H groups in total. The molecule has 7 heteroatoms. The maximum atomic E-state index is 11.8. The Hall–Kier alpha value is -1.92. The van der Waals surface area contributed by atoms with Gasteiger partial charge in [-0.05, 0) is 23.2 Å². The molecule has 2 aromatic rings. The molecule has 2 heterocycles. The van der Waals surface area contributed by atoms with Crippen LogP contribution >= 0.6 is 23.1 Å². The number of aromatic carboxylic acids is 1. The Kier molecular flexibility index (Phi) is 3.19. The average Bonchev–Trinajstić information content (AvgIpc) is 2.82. The van der Waals surface area contributed by atoms with E-state index in [4.69, 9.17) is 16.7 Å². The molecule has 0 fully saturated rings. The van der Waals surface area contributed by atoms with Gasteiger partial charge in [-0.25, -0.2) is 4.79 Å². The van der Waals surface area contributed by atoms with Crippen LogP contribution in [0.4, 0.5) is 5.69 Å². The van der Waals surface area contributed by atoms with Crippen LogP contribution < -0.4 is 5.32 Å². The van der Waals surface area contributed by atoms with E-state index in [0.29, 0.717) is 10.7 Å². The van der Waals surface area contributed by atoms with Gasteiger partial charge in [-0.3, -0.25) is 4.79 Å². The van der Waals surface area contributed by atoms with Gasteiger partial charge in [0.2, 0.25) is 5.91 Å². The number of amides is 1. The van der Waals surface area contributed by atoms with Crippen molar-refractivity contribution in [2.24, 2.45) is 0 Å². The molecule has 0 bridgehead atoms. The number of aromatic nitrogens is 1. The number of hydrogen-bond acceptors (Lipinski definition) is 4. The Labute approximate surface area is 123 Å². The van der Waals surface area contributed by atoms with Crippen molar-refractivity contribution in [2.75, 3.05) is 5.32 Å². The van der Waals surface area contributed by atoms with Gasteiger partial charge in [-0.1, -0.05) is 29.8 Å². The second kappa shape index (κ2) is 4.88. The van der Waals surface area contributed by atoms with Gasteiger partial charge in [0.25, 0.3) is 0 Å². The molecule has 0 saturated heterocycles. The number of anilines is 1. The number of benzene rings is 1. The van der Waals surface area contributed by atoms with Gasteiger partial charge < -0.3 is 10.4 Å². The lowest BCUT2D eigenvalue weighted by Gasteiger charge is -2.23. The number of nitrogens with one attached hydrogen (secondary N) is 1. The SMILES string of the molecule is O=C1CC(c2ccccc2Cl)c2snc(C(=O)O)c2N1. The zero-order valence-corrected chi connectivity index (χ0v) is 11.7. The number of carboxylic acid groups (broad SMARTS) is 1. The van der Waals surface area contributed by atoms with Crippen molar-refractivity contribution in [3.05, 3.63) is 45.4 Å². The Balaban J connectivity index is 2.14. The van der Waals surface area contributed by atoms with Gasteiger partial charge in [0.15, 0.2) is 5.69 Å². The molecule has 1 amide bonds. The van der Waals surface area contributed by atoms with Crippen molar-refractivity contribution in [3.8, 4) is 0 Å². The van der Waals surface area contributed by atoms with E-state index >= 15 is 0 Å². The van der Waals surface area contributed by atoms with Crippen molar-refractivity contribution >= 4 is 40.7 Å². The van der Waals surface area contributed by atoms with Crippen molar-refractivity contribution in [1.29, 1.82) is 0 Å².